The zero-order valence-corrected chi connectivity index (χ0v) is 34.5. The normalized spacial score (nSPS) is 15.7. The summed E-state index contributed by atoms with van der Waals surface area (Å²) in [6.07, 6.45) is 2.37. The Hall–Kier alpha value is -4.77. The monoisotopic (exact) mass is 832 g/mol. The first-order valence-electron chi connectivity index (χ1n) is 20.3. The van der Waals surface area contributed by atoms with E-state index in [2.05, 4.69) is 10.6 Å². The highest BCUT2D eigenvalue weighted by atomic mass is 32.2. The minimum absolute atomic E-state index is 0.00557. The molecule has 6 rings (SSSR count). The van der Waals surface area contributed by atoms with Gasteiger partial charge in [0.2, 0.25) is 11.8 Å². The van der Waals surface area contributed by atoms with Gasteiger partial charge in [-0.25, -0.2) is 0 Å². The number of halogens is 6. The van der Waals surface area contributed by atoms with E-state index in [1.165, 1.54) is 48.6 Å². The minimum atomic E-state index is -5.02. The van der Waals surface area contributed by atoms with Crippen molar-refractivity contribution in [1.29, 1.82) is 0 Å². The van der Waals surface area contributed by atoms with Crippen LogP contribution >= 0.6 is 11.8 Å². The molecule has 0 aromatic heterocycles. The Kier molecular flexibility index (Phi) is 13.8. The first-order valence-corrected chi connectivity index (χ1v) is 21.2. The number of carbonyl (C=O) groups is 2. The fraction of sp³-hybridized carbons (Fsp3) is 0.375. The van der Waals surface area contributed by atoms with Crippen molar-refractivity contribution in [2.24, 2.45) is 0 Å². The summed E-state index contributed by atoms with van der Waals surface area (Å²) in [5, 5.41) is 5.85. The molecule has 0 saturated heterocycles. The third kappa shape index (κ3) is 10.5. The van der Waals surface area contributed by atoms with Crippen molar-refractivity contribution in [3.63, 3.8) is 0 Å². The van der Waals surface area contributed by atoms with Crippen molar-refractivity contribution in [3.8, 4) is 22.3 Å². The highest BCUT2D eigenvalue weighted by Gasteiger charge is 2.42. The Labute approximate surface area is 347 Å². The first-order chi connectivity index (χ1) is 28.0. The molecule has 4 nitrogen and oxygen atoms in total. The van der Waals surface area contributed by atoms with Gasteiger partial charge in [0.1, 0.15) is 0 Å². The van der Waals surface area contributed by atoms with E-state index < -0.39 is 45.1 Å². The van der Waals surface area contributed by atoms with Crippen molar-refractivity contribution in [1.82, 2.24) is 10.6 Å². The van der Waals surface area contributed by atoms with Crippen LogP contribution in [0.25, 0.3) is 34.4 Å². The van der Waals surface area contributed by atoms with Crippen LogP contribution in [0.4, 0.5) is 26.3 Å². The molecule has 0 heterocycles. The molecule has 0 unspecified atom stereocenters. The zero-order valence-electron chi connectivity index (χ0n) is 33.7. The summed E-state index contributed by atoms with van der Waals surface area (Å²) >= 11 is 0.403. The van der Waals surface area contributed by atoms with Gasteiger partial charge >= 0.3 is 12.4 Å². The molecule has 2 aliphatic carbocycles. The van der Waals surface area contributed by atoms with E-state index in [4.69, 9.17) is 0 Å². The molecule has 4 aromatic carbocycles. The Bertz CT molecular complexity index is 2060. The Morgan fingerprint density at radius 2 is 0.932 bits per heavy atom. The molecule has 4 aromatic rings. The summed E-state index contributed by atoms with van der Waals surface area (Å²) in [4.78, 5) is 25.1. The van der Waals surface area contributed by atoms with Crippen LogP contribution in [0, 0.1) is 0 Å². The number of hydrogen-bond donors (Lipinski definition) is 2. The standard InChI is InChI=1S/C48H50F6N2O2S/c1-29(2)35-17-9-11-19-37(35)43-31(23-27-41(57)55-33-13-5-6-14-33)21-25-39(45(43)47(49,50)51)59-40-26-22-32(24-28-42(58)56-34-15-7-8-16-34)44(46(40)48(52,53)54)38-20-12-10-18-36(38)30(3)4/h9-12,17-30,33-34H,5-8,13-16H2,1-4H3,(H,55,57)(H,56,58). The van der Waals surface area contributed by atoms with E-state index in [-0.39, 0.29) is 57.3 Å². The molecule has 11 heteroatoms. The SMILES string of the molecule is CC(C)c1ccccc1-c1c(C=CC(=O)NC2CCCC2)ccc(Sc2ccc(C=CC(=O)NC3CCCC3)c(-c3ccccc3C(C)C)c2C(F)(F)F)c1C(F)(F)F. The lowest BCUT2D eigenvalue weighted by Gasteiger charge is -2.25. The average Bonchev–Trinajstić information content (AvgIpc) is 3.90. The molecule has 0 bridgehead atoms. The van der Waals surface area contributed by atoms with Gasteiger partial charge in [-0.15, -0.1) is 0 Å². The van der Waals surface area contributed by atoms with E-state index in [1.807, 2.05) is 27.7 Å². The van der Waals surface area contributed by atoms with Crippen LogP contribution in [-0.4, -0.2) is 23.9 Å². The summed E-state index contributed by atoms with van der Waals surface area (Å²) in [5.74, 6) is -1.26. The number of carbonyl (C=O) groups excluding carboxylic acids is 2. The number of alkyl halides is 6. The Morgan fingerprint density at radius 1 is 0.576 bits per heavy atom. The van der Waals surface area contributed by atoms with Gasteiger partial charge in [0.05, 0.1) is 11.1 Å². The van der Waals surface area contributed by atoms with E-state index >= 15 is 26.3 Å². The Morgan fingerprint density at radius 3 is 1.27 bits per heavy atom. The summed E-state index contributed by atoms with van der Waals surface area (Å²) in [7, 11) is 0. The second kappa shape index (κ2) is 18.7. The molecule has 2 fully saturated rings. The highest BCUT2D eigenvalue weighted by molar-refractivity contribution is 7.99. The first kappa shape index (κ1) is 43.8. The molecule has 0 spiro atoms. The van der Waals surface area contributed by atoms with Gasteiger partial charge in [-0.05, 0) is 95.2 Å². The second-order valence-electron chi connectivity index (χ2n) is 16.0. The fourth-order valence-electron chi connectivity index (χ4n) is 8.33. The lowest BCUT2D eigenvalue weighted by Crippen LogP contribution is -2.30. The molecule has 312 valence electrons. The maximum atomic E-state index is 15.7. The van der Waals surface area contributed by atoms with Crippen LogP contribution < -0.4 is 10.6 Å². The van der Waals surface area contributed by atoms with Crippen molar-refractivity contribution >= 4 is 35.7 Å². The molecule has 0 radical (unpaired) electrons. The second-order valence-corrected chi connectivity index (χ2v) is 17.1. The number of rotatable bonds is 12. The molecule has 2 saturated carbocycles. The zero-order chi connectivity index (χ0) is 42.5. The predicted octanol–water partition coefficient (Wildman–Crippen LogP) is 13.6. The van der Waals surface area contributed by atoms with Gasteiger partial charge in [-0.1, -0.05) is 126 Å². The summed E-state index contributed by atoms with van der Waals surface area (Å²) in [6.45, 7) is 7.43. The van der Waals surface area contributed by atoms with E-state index in [0.717, 1.165) is 51.4 Å². The topological polar surface area (TPSA) is 58.2 Å². The van der Waals surface area contributed by atoms with E-state index in [9.17, 15) is 9.59 Å². The number of hydrogen-bond acceptors (Lipinski definition) is 3. The molecule has 59 heavy (non-hydrogen) atoms. The molecule has 2 amide bonds. The smallest absolute Gasteiger partial charge is 0.350 e. The largest absolute Gasteiger partial charge is 0.418 e. The third-order valence-electron chi connectivity index (χ3n) is 11.1. The van der Waals surface area contributed by atoms with Crippen LogP contribution in [0.2, 0.25) is 0 Å². The predicted molar refractivity (Wildman–Crippen MR) is 225 cm³/mol. The lowest BCUT2D eigenvalue weighted by atomic mass is 9.87. The van der Waals surface area contributed by atoms with Crippen molar-refractivity contribution in [3.05, 3.63) is 118 Å². The van der Waals surface area contributed by atoms with Crippen LogP contribution in [-0.2, 0) is 21.9 Å². The van der Waals surface area contributed by atoms with Crippen LogP contribution in [0.3, 0.4) is 0 Å². The quantitative estimate of drug-likeness (QED) is 0.110. The van der Waals surface area contributed by atoms with Gasteiger partial charge in [-0.2, -0.15) is 26.3 Å². The van der Waals surface area contributed by atoms with Gasteiger partial charge < -0.3 is 10.6 Å². The van der Waals surface area contributed by atoms with Crippen LogP contribution in [0.1, 0.15) is 124 Å². The highest BCUT2D eigenvalue weighted by Crippen LogP contribution is 2.52. The summed E-state index contributed by atoms with van der Waals surface area (Å²) in [6, 6.07) is 18.6. The van der Waals surface area contributed by atoms with E-state index in [0.29, 0.717) is 22.9 Å². The van der Waals surface area contributed by atoms with Crippen molar-refractivity contribution in [2.75, 3.05) is 0 Å². The summed E-state index contributed by atoms with van der Waals surface area (Å²) < 4.78 is 94.2. The van der Waals surface area contributed by atoms with Crippen molar-refractivity contribution in [2.45, 2.75) is 125 Å². The van der Waals surface area contributed by atoms with E-state index in [1.54, 1.807) is 48.5 Å². The van der Waals surface area contributed by atoms with Crippen molar-refractivity contribution < 1.29 is 35.9 Å². The third-order valence-corrected chi connectivity index (χ3v) is 12.2. The van der Waals surface area contributed by atoms with Gasteiger partial charge in [0, 0.05) is 45.2 Å². The number of amides is 2. The van der Waals surface area contributed by atoms with Gasteiger partial charge in [0.25, 0.3) is 0 Å². The molecular weight excluding hydrogens is 783 g/mol. The lowest BCUT2D eigenvalue weighted by molar-refractivity contribution is -0.139. The molecular formula is C48H50F6N2O2S. The van der Waals surface area contributed by atoms with Crippen LogP contribution in [0.5, 0.6) is 0 Å². The van der Waals surface area contributed by atoms with Gasteiger partial charge in [-0.3, -0.25) is 9.59 Å². The maximum absolute atomic E-state index is 15.7. The molecule has 0 aliphatic heterocycles. The number of benzene rings is 4. The van der Waals surface area contributed by atoms with Crippen LogP contribution in [0.15, 0.2) is 94.7 Å². The fourth-order valence-corrected chi connectivity index (χ4v) is 9.48. The molecule has 2 aliphatic rings. The molecule has 0 atom stereocenters. The number of nitrogens with one attached hydrogen (secondary N) is 2. The minimum Gasteiger partial charge on any atom is -0.350 e. The molecule has 2 N–H and O–H groups in total. The summed E-state index contributed by atoms with van der Waals surface area (Å²) in [5.41, 5.74) is -0.655. The Balaban J connectivity index is 1.55. The maximum Gasteiger partial charge on any atom is 0.418 e. The van der Waals surface area contributed by atoms with Gasteiger partial charge in [0.15, 0.2) is 0 Å². The average molecular weight is 833 g/mol.